The Bertz CT molecular complexity index is 1880. The predicted octanol–water partition coefficient (Wildman–Crippen LogP) is 3.09. The van der Waals surface area contributed by atoms with E-state index in [1.165, 1.54) is 22.9 Å². The van der Waals surface area contributed by atoms with E-state index < -0.39 is 22.0 Å². The van der Waals surface area contributed by atoms with Crippen molar-refractivity contribution in [2.45, 2.75) is 49.9 Å². The molecule has 0 spiro atoms. The number of aliphatic hydroxyl groups excluding tert-OH is 1. The monoisotopic (exact) mass is 632 g/mol. The fraction of sp³-hybridized carbons (Fsp3) is 0.290. The molecule has 3 heterocycles. The summed E-state index contributed by atoms with van der Waals surface area (Å²) >= 11 is 0. The SMILES string of the molecule is Cn1nc(CNC(=O)c2cc3ccn(CCC(C)(C)NC[C@H](O)c4cccc(NS(=O)(=O)c5ccccc5)c4)c3nn2)cc1O. The highest BCUT2D eigenvalue weighted by molar-refractivity contribution is 7.92. The number of benzene rings is 2. The Morgan fingerprint density at radius 1 is 1.02 bits per heavy atom. The van der Waals surface area contributed by atoms with Crippen molar-refractivity contribution in [1.29, 1.82) is 0 Å². The number of hydrogen-bond donors (Lipinski definition) is 5. The smallest absolute Gasteiger partial charge is 0.272 e. The second-order valence-corrected chi connectivity index (χ2v) is 13.1. The van der Waals surface area contributed by atoms with Crippen LogP contribution in [-0.2, 0) is 30.2 Å². The Hall–Kier alpha value is -4.79. The summed E-state index contributed by atoms with van der Waals surface area (Å²) in [4.78, 5) is 12.8. The van der Waals surface area contributed by atoms with Gasteiger partial charge >= 0.3 is 0 Å². The van der Waals surface area contributed by atoms with Crippen molar-refractivity contribution >= 4 is 32.7 Å². The zero-order valence-electron chi connectivity index (χ0n) is 25.2. The van der Waals surface area contributed by atoms with Gasteiger partial charge in [-0.3, -0.25) is 9.52 Å². The summed E-state index contributed by atoms with van der Waals surface area (Å²) in [7, 11) is -2.14. The molecule has 0 aliphatic heterocycles. The van der Waals surface area contributed by atoms with Crippen LogP contribution in [0, 0.1) is 0 Å². The van der Waals surface area contributed by atoms with Gasteiger partial charge in [0.05, 0.1) is 23.2 Å². The number of aromatic hydroxyl groups is 1. The molecule has 14 heteroatoms. The van der Waals surface area contributed by atoms with Gasteiger partial charge < -0.3 is 25.4 Å². The number of rotatable bonds is 13. The molecule has 236 valence electrons. The molecule has 2 aromatic carbocycles. The molecule has 0 fully saturated rings. The van der Waals surface area contributed by atoms with E-state index in [1.807, 2.05) is 30.7 Å². The first-order chi connectivity index (χ1) is 21.4. The van der Waals surface area contributed by atoms with Crippen molar-refractivity contribution in [3.63, 3.8) is 0 Å². The van der Waals surface area contributed by atoms with E-state index in [-0.39, 0.29) is 35.1 Å². The van der Waals surface area contributed by atoms with Crippen molar-refractivity contribution < 1.29 is 23.4 Å². The first-order valence-electron chi connectivity index (χ1n) is 14.3. The number of nitrogens with one attached hydrogen (secondary N) is 3. The number of aryl methyl sites for hydroxylation is 2. The lowest BCUT2D eigenvalue weighted by molar-refractivity contribution is 0.0944. The van der Waals surface area contributed by atoms with Crippen molar-refractivity contribution in [3.05, 3.63) is 95.9 Å². The van der Waals surface area contributed by atoms with Crippen LogP contribution in [0.1, 0.15) is 48.1 Å². The lowest BCUT2D eigenvalue weighted by atomic mass is 9.99. The van der Waals surface area contributed by atoms with Crippen LogP contribution in [0.2, 0.25) is 0 Å². The van der Waals surface area contributed by atoms with Gasteiger partial charge in [0.15, 0.2) is 11.3 Å². The average molecular weight is 633 g/mol. The third kappa shape index (κ3) is 7.84. The van der Waals surface area contributed by atoms with Gasteiger partial charge in [-0.2, -0.15) is 5.10 Å². The lowest BCUT2D eigenvalue weighted by Crippen LogP contribution is -2.42. The predicted molar refractivity (Wildman–Crippen MR) is 169 cm³/mol. The van der Waals surface area contributed by atoms with Gasteiger partial charge in [-0.15, -0.1) is 10.2 Å². The summed E-state index contributed by atoms with van der Waals surface area (Å²) in [6.45, 7) is 5.07. The van der Waals surface area contributed by atoms with Gasteiger partial charge in [-0.25, -0.2) is 13.1 Å². The summed E-state index contributed by atoms with van der Waals surface area (Å²) in [6.07, 6.45) is 1.72. The number of aromatic nitrogens is 5. The number of nitrogens with zero attached hydrogens (tertiary/aromatic N) is 5. The highest BCUT2D eigenvalue weighted by Crippen LogP contribution is 2.22. The van der Waals surface area contributed by atoms with E-state index in [4.69, 9.17) is 0 Å². The van der Waals surface area contributed by atoms with Crippen LogP contribution in [0.4, 0.5) is 5.69 Å². The Morgan fingerprint density at radius 2 is 1.80 bits per heavy atom. The molecule has 1 atom stereocenters. The standard InChI is InChI=1S/C31H36N8O5S/c1-31(2,33-20-27(40)21-8-7-9-23(16-21)37-45(43,44)25-10-5-4-6-11-25)13-15-39-14-12-22-17-26(34-35-29(22)39)30(42)32-19-24-18-28(41)38(3)36-24/h4-12,14,16-18,27,33,37,40-41H,13,15,19-20H2,1-3H3,(H,32,42)/t27-/m0/s1. The normalized spacial score (nSPS) is 12.7. The maximum atomic E-state index is 12.7. The summed E-state index contributed by atoms with van der Waals surface area (Å²) in [5.41, 5.74) is 1.92. The molecule has 0 saturated heterocycles. The second kappa shape index (κ2) is 13.1. The molecular weight excluding hydrogens is 596 g/mol. The summed E-state index contributed by atoms with van der Waals surface area (Å²) < 4.78 is 31.2. The van der Waals surface area contributed by atoms with Crippen LogP contribution in [0.25, 0.3) is 11.0 Å². The van der Waals surface area contributed by atoms with Crippen LogP contribution < -0.4 is 15.4 Å². The maximum Gasteiger partial charge on any atom is 0.272 e. The third-order valence-corrected chi connectivity index (χ3v) is 8.80. The number of hydrogen-bond acceptors (Lipinski definition) is 9. The van der Waals surface area contributed by atoms with E-state index in [0.29, 0.717) is 35.6 Å². The summed E-state index contributed by atoms with van der Waals surface area (Å²) in [5.74, 6) is -0.390. The molecule has 0 aliphatic carbocycles. The van der Waals surface area contributed by atoms with Gasteiger partial charge in [0, 0.05) is 49.0 Å². The molecule has 0 saturated carbocycles. The Morgan fingerprint density at radius 3 is 2.53 bits per heavy atom. The molecule has 0 unspecified atom stereocenters. The van der Waals surface area contributed by atoms with E-state index in [9.17, 15) is 23.4 Å². The molecule has 5 rings (SSSR count). The largest absolute Gasteiger partial charge is 0.493 e. The molecule has 1 amide bonds. The number of fused-ring (bicyclic) bond motifs is 1. The average Bonchev–Trinajstić information content (AvgIpc) is 3.59. The van der Waals surface area contributed by atoms with Gasteiger partial charge in [0.25, 0.3) is 15.9 Å². The van der Waals surface area contributed by atoms with E-state index in [2.05, 4.69) is 30.7 Å². The minimum absolute atomic E-state index is 0.00775. The molecule has 0 radical (unpaired) electrons. The van der Waals surface area contributed by atoms with Crippen LogP contribution in [-0.4, -0.2) is 61.2 Å². The Kier molecular flexibility index (Phi) is 9.18. The van der Waals surface area contributed by atoms with Crippen molar-refractivity contribution in [1.82, 2.24) is 35.2 Å². The third-order valence-electron chi connectivity index (χ3n) is 7.41. The number of sulfonamides is 1. The number of anilines is 1. The van der Waals surface area contributed by atoms with E-state index >= 15 is 0 Å². The molecule has 5 aromatic rings. The van der Waals surface area contributed by atoms with Crippen molar-refractivity contribution in [2.75, 3.05) is 11.3 Å². The minimum Gasteiger partial charge on any atom is -0.493 e. The van der Waals surface area contributed by atoms with Crippen LogP contribution in [0.5, 0.6) is 5.88 Å². The minimum atomic E-state index is -3.75. The number of amides is 1. The number of aliphatic hydroxyl groups is 1. The van der Waals surface area contributed by atoms with Crippen LogP contribution in [0.15, 0.2) is 83.9 Å². The van der Waals surface area contributed by atoms with Gasteiger partial charge in [0.2, 0.25) is 5.88 Å². The summed E-state index contributed by atoms with van der Waals surface area (Å²) in [6, 6.07) is 19.9. The fourth-order valence-corrected chi connectivity index (χ4v) is 5.81. The molecule has 0 aliphatic rings. The van der Waals surface area contributed by atoms with Crippen LogP contribution in [0.3, 0.4) is 0 Å². The zero-order valence-corrected chi connectivity index (χ0v) is 26.0. The molecule has 3 aromatic heterocycles. The van der Waals surface area contributed by atoms with Crippen molar-refractivity contribution in [3.8, 4) is 5.88 Å². The van der Waals surface area contributed by atoms with Gasteiger partial charge in [-0.1, -0.05) is 30.3 Å². The number of carbonyl (C=O) groups is 1. The summed E-state index contributed by atoms with van der Waals surface area (Å²) in [5, 5.41) is 39.9. The number of β-amino-alcohol motifs (C(OH)–C–C–N with tert-alkyl or cyclic N) is 1. The quantitative estimate of drug-likeness (QED) is 0.131. The maximum absolute atomic E-state index is 12.7. The van der Waals surface area contributed by atoms with Gasteiger partial charge in [-0.05, 0) is 62.2 Å². The van der Waals surface area contributed by atoms with E-state index in [1.54, 1.807) is 55.6 Å². The number of carbonyl (C=O) groups excluding carboxylic acids is 1. The molecule has 45 heavy (non-hydrogen) atoms. The molecular formula is C31H36N8O5S. The molecule has 5 N–H and O–H groups in total. The topological polar surface area (TPSA) is 176 Å². The zero-order chi connectivity index (χ0) is 32.2. The Labute approximate surface area is 261 Å². The fourth-order valence-electron chi connectivity index (χ4n) is 4.74. The first-order valence-corrected chi connectivity index (χ1v) is 15.8. The second-order valence-electron chi connectivity index (χ2n) is 11.4. The lowest BCUT2D eigenvalue weighted by Gasteiger charge is -2.28. The molecule has 13 nitrogen and oxygen atoms in total. The van der Waals surface area contributed by atoms with Gasteiger partial charge in [0.1, 0.15) is 0 Å². The Balaban J connectivity index is 1.14. The van der Waals surface area contributed by atoms with E-state index in [0.717, 1.165) is 5.39 Å². The highest BCUT2D eigenvalue weighted by Gasteiger charge is 2.21. The highest BCUT2D eigenvalue weighted by atomic mass is 32.2. The molecule has 0 bridgehead atoms. The van der Waals surface area contributed by atoms with Crippen LogP contribution >= 0.6 is 0 Å². The van der Waals surface area contributed by atoms with Crippen molar-refractivity contribution in [2.24, 2.45) is 7.05 Å². The first kappa shape index (κ1) is 31.6.